The highest BCUT2D eigenvalue weighted by Gasteiger charge is 2.19. The summed E-state index contributed by atoms with van der Waals surface area (Å²) >= 11 is 0. The molecule has 0 aromatic carbocycles. The van der Waals surface area contributed by atoms with Crippen molar-refractivity contribution in [1.82, 2.24) is 10.2 Å². The molecule has 1 fully saturated rings. The fraction of sp³-hybridized carbons (Fsp3) is 1.00. The Labute approximate surface area is 87.8 Å². The number of likely N-dealkylation sites (tertiary alicyclic amines) is 1. The lowest BCUT2D eigenvalue weighted by atomic mass is 10.0. The minimum Gasteiger partial charge on any atom is -0.384 e. The fourth-order valence-corrected chi connectivity index (χ4v) is 2.23. The molecule has 2 unspecified atom stereocenters. The summed E-state index contributed by atoms with van der Waals surface area (Å²) in [4.78, 5) is 2.55. The lowest BCUT2D eigenvalue weighted by molar-refractivity contribution is 0.113. The molecule has 3 nitrogen and oxygen atoms in total. The van der Waals surface area contributed by atoms with Crippen molar-refractivity contribution < 1.29 is 4.74 Å². The largest absolute Gasteiger partial charge is 0.384 e. The summed E-state index contributed by atoms with van der Waals surface area (Å²) in [6.07, 6.45) is 2.65. The van der Waals surface area contributed by atoms with E-state index in [1.165, 1.54) is 32.5 Å². The third kappa shape index (κ3) is 3.95. The summed E-state index contributed by atoms with van der Waals surface area (Å²) in [7, 11) is 3.84. The van der Waals surface area contributed by atoms with Gasteiger partial charge in [0.2, 0.25) is 0 Å². The van der Waals surface area contributed by atoms with E-state index in [-0.39, 0.29) is 0 Å². The number of piperidine rings is 1. The Balaban J connectivity index is 2.22. The van der Waals surface area contributed by atoms with Gasteiger partial charge in [-0.25, -0.2) is 0 Å². The molecule has 1 aliphatic heterocycles. The maximum atomic E-state index is 5.16. The lowest BCUT2D eigenvalue weighted by Crippen LogP contribution is -2.46. The Bertz CT molecular complexity index is 152. The van der Waals surface area contributed by atoms with Crippen molar-refractivity contribution in [3.63, 3.8) is 0 Å². The van der Waals surface area contributed by atoms with E-state index in [0.717, 1.165) is 6.61 Å². The molecule has 1 saturated heterocycles. The van der Waals surface area contributed by atoms with Crippen LogP contribution in [-0.2, 0) is 4.74 Å². The van der Waals surface area contributed by atoms with Crippen LogP contribution in [0.4, 0.5) is 0 Å². The second-order valence-corrected chi connectivity index (χ2v) is 4.45. The molecular formula is C11H24N2O. The molecule has 0 aromatic rings. The molecule has 14 heavy (non-hydrogen) atoms. The van der Waals surface area contributed by atoms with E-state index in [2.05, 4.69) is 24.2 Å². The molecule has 0 saturated carbocycles. The number of ether oxygens (including phenoxy) is 1. The zero-order valence-corrected chi connectivity index (χ0v) is 9.75. The Morgan fingerprint density at radius 1 is 1.57 bits per heavy atom. The van der Waals surface area contributed by atoms with Gasteiger partial charge in [0.05, 0.1) is 0 Å². The van der Waals surface area contributed by atoms with Gasteiger partial charge in [0, 0.05) is 32.8 Å². The molecule has 2 atom stereocenters. The van der Waals surface area contributed by atoms with Gasteiger partial charge in [-0.15, -0.1) is 0 Å². The topological polar surface area (TPSA) is 24.5 Å². The summed E-state index contributed by atoms with van der Waals surface area (Å²) in [5.74, 6) is 0.649. The van der Waals surface area contributed by atoms with Crippen molar-refractivity contribution in [3.05, 3.63) is 0 Å². The average Bonchev–Trinajstić information content (AvgIpc) is 2.18. The predicted molar refractivity (Wildman–Crippen MR) is 59.6 cm³/mol. The third-order valence-electron chi connectivity index (χ3n) is 2.93. The molecule has 3 heteroatoms. The Morgan fingerprint density at radius 2 is 2.36 bits per heavy atom. The predicted octanol–water partition coefficient (Wildman–Crippen LogP) is 0.953. The molecule has 0 amide bonds. The van der Waals surface area contributed by atoms with Crippen molar-refractivity contribution in [1.29, 1.82) is 0 Å². The Morgan fingerprint density at radius 3 is 3.00 bits per heavy atom. The van der Waals surface area contributed by atoms with Crippen molar-refractivity contribution in [2.75, 3.05) is 40.4 Å². The summed E-state index contributed by atoms with van der Waals surface area (Å²) < 4.78 is 5.16. The SMILES string of the molecule is CNC1CCCN(CC(C)COC)C1. The van der Waals surface area contributed by atoms with Crippen LogP contribution in [0.3, 0.4) is 0 Å². The number of rotatable bonds is 5. The summed E-state index contributed by atoms with van der Waals surface area (Å²) in [5, 5.41) is 3.37. The van der Waals surface area contributed by atoms with Gasteiger partial charge in [0.1, 0.15) is 0 Å². The van der Waals surface area contributed by atoms with E-state index < -0.39 is 0 Å². The first-order valence-electron chi connectivity index (χ1n) is 5.64. The summed E-state index contributed by atoms with van der Waals surface area (Å²) in [6.45, 7) is 6.76. The molecule has 1 heterocycles. The van der Waals surface area contributed by atoms with Crippen molar-refractivity contribution >= 4 is 0 Å². The molecule has 0 spiro atoms. The number of likely N-dealkylation sites (N-methyl/N-ethyl adjacent to an activating group) is 1. The van der Waals surface area contributed by atoms with Gasteiger partial charge in [0.15, 0.2) is 0 Å². The molecule has 0 aliphatic carbocycles. The highest BCUT2D eigenvalue weighted by molar-refractivity contribution is 4.77. The number of nitrogens with zero attached hydrogens (tertiary/aromatic N) is 1. The maximum absolute atomic E-state index is 5.16. The molecule has 0 bridgehead atoms. The van der Waals surface area contributed by atoms with Gasteiger partial charge in [-0.2, -0.15) is 0 Å². The van der Waals surface area contributed by atoms with Crippen molar-refractivity contribution in [2.24, 2.45) is 5.92 Å². The van der Waals surface area contributed by atoms with Gasteiger partial charge in [-0.05, 0) is 32.4 Å². The molecule has 84 valence electrons. The van der Waals surface area contributed by atoms with Crippen LogP contribution in [0.1, 0.15) is 19.8 Å². The monoisotopic (exact) mass is 200 g/mol. The third-order valence-corrected chi connectivity index (χ3v) is 2.93. The van der Waals surface area contributed by atoms with E-state index in [4.69, 9.17) is 4.74 Å². The number of nitrogens with one attached hydrogen (secondary N) is 1. The van der Waals surface area contributed by atoms with Gasteiger partial charge in [-0.1, -0.05) is 6.92 Å². The molecule has 1 rings (SSSR count). The fourth-order valence-electron chi connectivity index (χ4n) is 2.23. The smallest absolute Gasteiger partial charge is 0.0500 e. The van der Waals surface area contributed by atoms with E-state index >= 15 is 0 Å². The summed E-state index contributed by atoms with van der Waals surface area (Å²) in [5.41, 5.74) is 0. The van der Waals surface area contributed by atoms with E-state index in [1.807, 2.05) is 0 Å². The lowest BCUT2D eigenvalue weighted by Gasteiger charge is -2.34. The van der Waals surface area contributed by atoms with Crippen LogP contribution in [0, 0.1) is 5.92 Å². The van der Waals surface area contributed by atoms with Crippen LogP contribution in [0.2, 0.25) is 0 Å². The zero-order valence-electron chi connectivity index (χ0n) is 9.75. The van der Waals surface area contributed by atoms with E-state index in [1.54, 1.807) is 7.11 Å². The highest BCUT2D eigenvalue weighted by atomic mass is 16.5. The molecule has 0 aromatic heterocycles. The maximum Gasteiger partial charge on any atom is 0.0500 e. The normalized spacial score (nSPS) is 26.4. The Kier molecular flexibility index (Phi) is 5.45. The van der Waals surface area contributed by atoms with Gasteiger partial charge in [-0.3, -0.25) is 0 Å². The van der Waals surface area contributed by atoms with Crippen molar-refractivity contribution in [2.45, 2.75) is 25.8 Å². The number of methoxy groups -OCH3 is 1. The van der Waals surface area contributed by atoms with Crippen LogP contribution in [0.25, 0.3) is 0 Å². The number of hydrogen-bond donors (Lipinski definition) is 1. The second kappa shape index (κ2) is 6.38. The van der Waals surface area contributed by atoms with Crippen LogP contribution < -0.4 is 5.32 Å². The minimum atomic E-state index is 0.649. The van der Waals surface area contributed by atoms with Gasteiger partial charge in [0.25, 0.3) is 0 Å². The molecular weight excluding hydrogens is 176 g/mol. The quantitative estimate of drug-likeness (QED) is 0.715. The standard InChI is InChI=1S/C11H24N2O/c1-10(9-14-3)7-13-6-4-5-11(8-13)12-2/h10-12H,4-9H2,1-3H3. The van der Waals surface area contributed by atoms with Gasteiger partial charge >= 0.3 is 0 Å². The van der Waals surface area contributed by atoms with Crippen LogP contribution in [0.5, 0.6) is 0 Å². The molecule has 1 aliphatic rings. The first-order chi connectivity index (χ1) is 6.76. The van der Waals surface area contributed by atoms with Gasteiger partial charge < -0.3 is 15.0 Å². The second-order valence-electron chi connectivity index (χ2n) is 4.45. The molecule has 1 N–H and O–H groups in total. The summed E-state index contributed by atoms with van der Waals surface area (Å²) in [6, 6.07) is 0.693. The molecule has 0 radical (unpaired) electrons. The van der Waals surface area contributed by atoms with Crippen LogP contribution in [0.15, 0.2) is 0 Å². The zero-order chi connectivity index (χ0) is 10.4. The number of hydrogen-bond acceptors (Lipinski definition) is 3. The van der Waals surface area contributed by atoms with Crippen molar-refractivity contribution in [3.8, 4) is 0 Å². The first kappa shape index (κ1) is 12.0. The van der Waals surface area contributed by atoms with E-state index in [9.17, 15) is 0 Å². The average molecular weight is 200 g/mol. The van der Waals surface area contributed by atoms with E-state index in [0.29, 0.717) is 12.0 Å². The highest BCUT2D eigenvalue weighted by Crippen LogP contribution is 2.11. The Hall–Kier alpha value is -0.120. The van der Waals surface area contributed by atoms with Crippen LogP contribution in [-0.4, -0.2) is 51.3 Å². The first-order valence-corrected chi connectivity index (χ1v) is 5.64. The van der Waals surface area contributed by atoms with Crippen LogP contribution >= 0.6 is 0 Å². The minimum absolute atomic E-state index is 0.649.